The molecule has 8 heavy (non-hydrogen) atoms. The summed E-state index contributed by atoms with van der Waals surface area (Å²) < 4.78 is 0. The molecule has 0 amide bonds. The minimum Gasteiger partial charge on any atom is -0.581 e. The fourth-order valence-electron chi connectivity index (χ4n) is 0.192. The van der Waals surface area contributed by atoms with Gasteiger partial charge in [0.15, 0.2) is 0 Å². The van der Waals surface area contributed by atoms with E-state index < -0.39 is 0 Å². The van der Waals surface area contributed by atoms with Crippen LogP contribution >= 0.6 is 0 Å². The molecule has 0 aliphatic rings. The van der Waals surface area contributed by atoms with Crippen LogP contribution in [0, 0.1) is 12.0 Å². The number of nitrogens with zero attached hydrogens (tertiary/aromatic N) is 1. The van der Waals surface area contributed by atoms with Crippen molar-refractivity contribution in [3.63, 3.8) is 0 Å². The topological polar surface area (TPSA) is 12.4 Å². The Hall–Kier alpha value is 0.0983. The van der Waals surface area contributed by atoms with Gasteiger partial charge in [-0.15, -0.1) is 0 Å². The summed E-state index contributed by atoms with van der Waals surface area (Å²) in [5.74, 6) is 0.423. The van der Waals surface area contributed by atoms with Crippen molar-refractivity contribution >= 4 is 6.72 Å². The molecule has 0 aromatic carbocycles. The molecular weight excluding hydrogens is 270 g/mol. The SMILES string of the molecule is [CH-]=NC=[C-]C(C)C.[W+2]. The summed E-state index contributed by atoms with van der Waals surface area (Å²) in [7, 11) is 0. The molecule has 44 valence electrons. The van der Waals surface area contributed by atoms with Crippen molar-refractivity contribution in [1.82, 2.24) is 0 Å². The first-order chi connectivity index (χ1) is 3.27. The Bertz CT molecular complexity index is 76.6. The largest absolute Gasteiger partial charge is 2.00 e. The standard InChI is InChI=1S/C6H9N.W/c1-6(2)4-5-7-3;/h3,5-6H,1-2H3;/q-2;+2. The van der Waals surface area contributed by atoms with Crippen LogP contribution in [-0.4, -0.2) is 6.72 Å². The molecule has 2 heteroatoms. The van der Waals surface area contributed by atoms with Crippen LogP contribution in [0.4, 0.5) is 0 Å². The summed E-state index contributed by atoms with van der Waals surface area (Å²) in [5, 5.41) is 0. The van der Waals surface area contributed by atoms with Gasteiger partial charge in [0.05, 0.1) is 0 Å². The van der Waals surface area contributed by atoms with Crippen LogP contribution in [0.25, 0.3) is 0 Å². The third-order valence-corrected chi connectivity index (χ3v) is 0.482. The number of aliphatic imine (C=N–C) groups is 1. The zero-order valence-corrected chi connectivity index (χ0v) is 8.02. The van der Waals surface area contributed by atoms with Crippen molar-refractivity contribution in [2.24, 2.45) is 10.9 Å². The molecule has 0 fully saturated rings. The van der Waals surface area contributed by atoms with E-state index in [0.29, 0.717) is 5.92 Å². The average molecular weight is 279 g/mol. The molecule has 0 aromatic rings. The third-order valence-electron chi connectivity index (χ3n) is 0.482. The molecule has 0 unspecified atom stereocenters. The second-order valence-electron chi connectivity index (χ2n) is 1.60. The fraction of sp³-hybridized carbons (Fsp3) is 0.500. The average Bonchev–Trinajstić information content (AvgIpc) is 1.61. The van der Waals surface area contributed by atoms with Gasteiger partial charge in [-0.3, -0.25) is 0 Å². The van der Waals surface area contributed by atoms with Crippen LogP contribution in [0.15, 0.2) is 11.2 Å². The van der Waals surface area contributed by atoms with Gasteiger partial charge in [-0.25, -0.2) is 0 Å². The Morgan fingerprint density at radius 2 is 2.12 bits per heavy atom. The first-order valence-electron chi connectivity index (χ1n) is 2.25. The second-order valence-corrected chi connectivity index (χ2v) is 1.60. The summed E-state index contributed by atoms with van der Waals surface area (Å²) in [5.41, 5.74) is 0. The number of hydrogen-bond acceptors (Lipinski definition) is 1. The van der Waals surface area contributed by atoms with Crippen molar-refractivity contribution in [1.29, 1.82) is 0 Å². The van der Waals surface area contributed by atoms with Crippen molar-refractivity contribution in [3.8, 4) is 0 Å². The molecule has 0 N–H and O–H groups in total. The molecule has 0 rings (SSSR count). The Kier molecular flexibility index (Phi) is 9.74. The van der Waals surface area contributed by atoms with E-state index in [9.17, 15) is 0 Å². The normalized spacial score (nSPS) is 9.38. The van der Waals surface area contributed by atoms with Crippen molar-refractivity contribution in [3.05, 3.63) is 12.3 Å². The first kappa shape index (κ1) is 11.0. The van der Waals surface area contributed by atoms with E-state index in [1.165, 1.54) is 6.20 Å². The van der Waals surface area contributed by atoms with Gasteiger partial charge in [-0.05, 0) is 0 Å². The second kappa shape index (κ2) is 7.10. The predicted octanol–water partition coefficient (Wildman–Crippen LogP) is 1.53. The van der Waals surface area contributed by atoms with Gasteiger partial charge in [-0.1, -0.05) is 13.8 Å². The monoisotopic (exact) mass is 279 g/mol. The molecule has 1 nitrogen and oxygen atoms in total. The van der Waals surface area contributed by atoms with Crippen molar-refractivity contribution < 1.29 is 21.1 Å². The molecule has 0 spiro atoms. The molecule has 0 atom stereocenters. The molecule has 0 aromatic heterocycles. The quantitative estimate of drug-likeness (QED) is 0.537. The molecule has 0 saturated heterocycles. The van der Waals surface area contributed by atoms with Gasteiger partial charge >= 0.3 is 21.1 Å². The van der Waals surface area contributed by atoms with Crippen LogP contribution in [0.5, 0.6) is 0 Å². The van der Waals surface area contributed by atoms with Crippen molar-refractivity contribution in [2.45, 2.75) is 13.8 Å². The van der Waals surface area contributed by atoms with Gasteiger partial charge in [-0.2, -0.15) is 12.6 Å². The van der Waals surface area contributed by atoms with E-state index >= 15 is 0 Å². The van der Waals surface area contributed by atoms with E-state index in [4.69, 9.17) is 6.72 Å². The van der Waals surface area contributed by atoms with Crippen LogP contribution in [0.2, 0.25) is 0 Å². The molecule has 0 heterocycles. The Balaban J connectivity index is 0. The van der Waals surface area contributed by atoms with E-state index in [1.54, 1.807) is 0 Å². The van der Waals surface area contributed by atoms with Gasteiger partial charge in [0.2, 0.25) is 0 Å². The molecule has 0 saturated carbocycles. The fourth-order valence-corrected chi connectivity index (χ4v) is 0.192. The van der Waals surface area contributed by atoms with E-state index in [0.717, 1.165) is 0 Å². The molecule has 0 bridgehead atoms. The maximum Gasteiger partial charge on any atom is 2.00 e. The minimum absolute atomic E-state index is 0. The maximum atomic E-state index is 4.78. The number of hydrogen-bond donors (Lipinski definition) is 0. The maximum absolute atomic E-state index is 4.78. The summed E-state index contributed by atoms with van der Waals surface area (Å²) >= 11 is 0. The molecule has 0 aliphatic carbocycles. The smallest absolute Gasteiger partial charge is 0.581 e. The number of rotatable bonds is 2. The first-order valence-corrected chi connectivity index (χ1v) is 2.25. The summed E-state index contributed by atoms with van der Waals surface area (Å²) in [6, 6.07) is 0. The van der Waals surface area contributed by atoms with Crippen LogP contribution in [0.1, 0.15) is 13.8 Å². The number of allylic oxidation sites excluding steroid dienone is 1. The summed E-state index contributed by atoms with van der Waals surface area (Å²) in [6.45, 7) is 8.81. The Labute approximate surface area is 65.2 Å². The van der Waals surface area contributed by atoms with Gasteiger partial charge in [0.25, 0.3) is 0 Å². The third kappa shape index (κ3) is 9.44. The van der Waals surface area contributed by atoms with Gasteiger partial charge in [0.1, 0.15) is 0 Å². The van der Waals surface area contributed by atoms with Gasteiger partial charge in [0, 0.05) is 0 Å². The van der Waals surface area contributed by atoms with Crippen LogP contribution < -0.4 is 0 Å². The molecule has 0 radical (unpaired) electrons. The zero-order valence-electron chi connectivity index (χ0n) is 5.09. The molecular formula is C6H9NW. The van der Waals surface area contributed by atoms with E-state index in [2.05, 4.69) is 11.1 Å². The van der Waals surface area contributed by atoms with Crippen molar-refractivity contribution in [2.75, 3.05) is 0 Å². The van der Waals surface area contributed by atoms with Crippen LogP contribution in [0.3, 0.4) is 0 Å². The molecule has 0 aliphatic heterocycles. The van der Waals surface area contributed by atoms with Gasteiger partial charge < -0.3 is 17.3 Å². The summed E-state index contributed by atoms with van der Waals surface area (Å²) in [6.07, 6.45) is 4.36. The zero-order chi connectivity index (χ0) is 5.70. The van der Waals surface area contributed by atoms with E-state index in [1.807, 2.05) is 13.8 Å². The Morgan fingerprint density at radius 1 is 1.62 bits per heavy atom. The predicted molar refractivity (Wildman–Crippen MR) is 31.1 cm³/mol. The minimum atomic E-state index is 0. The van der Waals surface area contributed by atoms with Crippen LogP contribution in [-0.2, 0) is 21.1 Å². The summed E-state index contributed by atoms with van der Waals surface area (Å²) in [4.78, 5) is 3.24. The Morgan fingerprint density at radius 3 is 2.25 bits per heavy atom. The van der Waals surface area contributed by atoms with E-state index in [-0.39, 0.29) is 21.1 Å².